The van der Waals surface area contributed by atoms with Crippen LogP contribution >= 0.6 is 0 Å². The minimum Gasteiger partial charge on any atom is -0.478 e. The molecule has 0 saturated carbocycles. The summed E-state index contributed by atoms with van der Waals surface area (Å²) >= 11 is 0. The number of aromatic nitrogens is 1. The van der Waals surface area contributed by atoms with Crippen molar-refractivity contribution in [1.82, 2.24) is 4.98 Å². The lowest BCUT2D eigenvalue weighted by Gasteiger charge is -1.96. The summed E-state index contributed by atoms with van der Waals surface area (Å²) < 4.78 is 5.61. The molecule has 3 aromatic rings. The highest BCUT2D eigenvalue weighted by Gasteiger charge is 2.09. The minimum atomic E-state index is -0.964. The Morgan fingerprint density at radius 2 is 1.90 bits per heavy atom. The SMILES string of the molecule is O=C(O)c1ccc2nc(CCc3ccccc3)oc2c1. The number of hydrogen-bond acceptors (Lipinski definition) is 3. The number of fused-ring (bicyclic) bond motifs is 1. The zero-order chi connectivity index (χ0) is 13.9. The molecule has 0 radical (unpaired) electrons. The summed E-state index contributed by atoms with van der Waals surface area (Å²) in [6, 6.07) is 14.8. The molecule has 4 heteroatoms. The van der Waals surface area contributed by atoms with Crippen molar-refractivity contribution in [1.29, 1.82) is 0 Å². The quantitative estimate of drug-likeness (QED) is 0.787. The highest BCUT2D eigenvalue weighted by Crippen LogP contribution is 2.18. The highest BCUT2D eigenvalue weighted by atomic mass is 16.4. The smallest absolute Gasteiger partial charge is 0.335 e. The van der Waals surface area contributed by atoms with Gasteiger partial charge in [0.15, 0.2) is 11.5 Å². The van der Waals surface area contributed by atoms with Crippen LogP contribution in [0.1, 0.15) is 21.8 Å². The van der Waals surface area contributed by atoms with Crippen molar-refractivity contribution in [3.63, 3.8) is 0 Å². The van der Waals surface area contributed by atoms with Gasteiger partial charge in [0.1, 0.15) is 5.52 Å². The number of aryl methyl sites for hydroxylation is 2. The molecule has 0 amide bonds. The molecule has 1 aromatic heterocycles. The number of hydrogen-bond donors (Lipinski definition) is 1. The Balaban J connectivity index is 1.80. The van der Waals surface area contributed by atoms with Gasteiger partial charge in [-0.05, 0) is 30.2 Å². The minimum absolute atomic E-state index is 0.211. The van der Waals surface area contributed by atoms with Crippen molar-refractivity contribution in [2.45, 2.75) is 12.8 Å². The van der Waals surface area contributed by atoms with Crippen molar-refractivity contribution >= 4 is 17.1 Å². The van der Waals surface area contributed by atoms with E-state index in [1.54, 1.807) is 6.07 Å². The fraction of sp³-hybridized carbons (Fsp3) is 0.125. The van der Waals surface area contributed by atoms with Gasteiger partial charge in [-0.25, -0.2) is 9.78 Å². The van der Waals surface area contributed by atoms with Crippen molar-refractivity contribution in [3.05, 3.63) is 65.5 Å². The van der Waals surface area contributed by atoms with Gasteiger partial charge >= 0.3 is 5.97 Å². The fourth-order valence-electron chi connectivity index (χ4n) is 2.11. The van der Waals surface area contributed by atoms with E-state index in [1.807, 2.05) is 18.2 Å². The van der Waals surface area contributed by atoms with Gasteiger partial charge in [-0.1, -0.05) is 30.3 Å². The first-order valence-corrected chi connectivity index (χ1v) is 6.39. The van der Waals surface area contributed by atoms with Crippen molar-refractivity contribution in [2.24, 2.45) is 0 Å². The Morgan fingerprint density at radius 3 is 2.65 bits per heavy atom. The van der Waals surface area contributed by atoms with E-state index in [-0.39, 0.29) is 5.56 Å². The van der Waals surface area contributed by atoms with Gasteiger partial charge in [-0.3, -0.25) is 0 Å². The van der Waals surface area contributed by atoms with Crippen LogP contribution in [0.5, 0.6) is 0 Å². The molecule has 20 heavy (non-hydrogen) atoms. The summed E-state index contributed by atoms with van der Waals surface area (Å²) in [5, 5.41) is 8.94. The summed E-state index contributed by atoms with van der Waals surface area (Å²) in [7, 11) is 0. The molecule has 1 heterocycles. The molecule has 0 aliphatic rings. The molecule has 0 bridgehead atoms. The van der Waals surface area contributed by atoms with E-state index in [1.165, 1.54) is 17.7 Å². The van der Waals surface area contributed by atoms with Gasteiger partial charge < -0.3 is 9.52 Å². The van der Waals surface area contributed by atoms with Crippen molar-refractivity contribution < 1.29 is 14.3 Å². The Kier molecular flexibility index (Phi) is 3.21. The second-order valence-corrected chi connectivity index (χ2v) is 4.58. The molecular formula is C16H13NO3. The number of carboxylic acids is 1. The van der Waals surface area contributed by atoms with Gasteiger partial charge in [0.2, 0.25) is 0 Å². The third kappa shape index (κ3) is 2.54. The van der Waals surface area contributed by atoms with Crippen LogP contribution in [0.15, 0.2) is 52.9 Å². The molecule has 0 aliphatic heterocycles. The summed E-state index contributed by atoms with van der Waals surface area (Å²) in [6.45, 7) is 0. The van der Waals surface area contributed by atoms with Gasteiger partial charge in [0.25, 0.3) is 0 Å². The molecule has 0 spiro atoms. The van der Waals surface area contributed by atoms with E-state index in [0.717, 1.165) is 6.42 Å². The lowest BCUT2D eigenvalue weighted by molar-refractivity contribution is 0.0697. The largest absolute Gasteiger partial charge is 0.478 e. The first kappa shape index (κ1) is 12.4. The first-order chi connectivity index (χ1) is 9.72. The number of aromatic carboxylic acids is 1. The topological polar surface area (TPSA) is 63.3 Å². The second-order valence-electron chi connectivity index (χ2n) is 4.58. The van der Waals surface area contributed by atoms with Gasteiger partial charge in [0, 0.05) is 6.42 Å². The summed E-state index contributed by atoms with van der Waals surface area (Å²) in [5.41, 5.74) is 2.65. The first-order valence-electron chi connectivity index (χ1n) is 6.39. The summed E-state index contributed by atoms with van der Waals surface area (Å²) in [5.74, 6) is -0.333. The van der Waals surface area contributed by atoms with E-state index in [2.05, 4.69) is 17.1 Å². The number of carbonyl (C=O) groups is 1. The number of carboxylic acid groups (broad SMARTS) is 1. The average molecular weight is 267 g/mol. The molecule has 0 atom stereocenters. The predicted octanol–water partition coefficient (Wildman–Crippen LogP) is 3.31. The maximum Gasteiger partial charge on any atom is 0.335 e. The third-order valence-electron chi connectivity index (χ3n) is 3.15. The number of oxazole rings is 1. The lowest BCUT2D eigenvalue weighted by atomic mass is 10.1. The Hall–Kier alpha value is -2.62. The normalized spacial score (nSPS) is 10.8. The maximum absolute atomic E-state index is 10.9. The summed E-state index contributed by atoms with van der Waals surface area (Å²) in [4.78, 5) is 15.3. The van der Waals surface area contributed by atoms with Crippen LogP contribution in [0.3, 0.4) is 0 Å². The lowest BCUT2D eigenvalue weighted by Crippen LogP contribution is -1.94. The maximum atomic E-state index is 10.9. The molecule has 3 rings (SSSR count). The van der Waals surface area contributed by atoms with E-state index < -0.39 is 5.97 Å². The van der Waals surface area contributed by atoms with E-state index in [4.69, 9.17) is 9.52 Å². The van der Waals surface area contributed by atoms with Crippen LogP contribution in [0, 0.1) is 0 Å². The molecule has 1 N–H and O–H groups in total. The number of benzene rings is 2. The Morgan fingerprint density at radius 1 is 1.10 bits per heavy atom. The van der Waals surface area contributed by atoms with E-state index in [0.29, 0.717) is 23.4 Å². The zero-order valence-corrected chi connectivity index (χ0v) is 10.7. The summed E-state index contributed by atoms with van der Waals surface area (Å²) in [6.07, 6.45) is 1.54. The van der Waals surface area contributed by atoms with Crippen molar-refractivity contribution in [3.8, 4) is 0 Å². The predicted molar refractivity (Wildman–Crippen MR) is 74.8 cm³/mol. The highest BCUT2D eigenvalue weighted by molar-refractivity contribution is 5.91. The monoisotopic (exact) mass is 267 g/mol. The van der Waals surface area contributed by atoms with Crippen LogP contribution in [0.25, 0.3) is 11.1 Å². The molecule has 0 saturated heterocycles. The molecule has 4 nitrogen and oxygen atoms in total. The van der Waals surface area contributed by atoms with Gasteiger partial charge in [-0.15, -0.1) is 0 Å². The zero-order valence-electron chi connectivity index (χ0n) is 10.7. The van der Waals surface area contributed by atoms with Crippen LogP contribution in [-0.2, 0) is 12.8 Å². The van der Waals surface area contributed by atoms with Gasteiger partial charge in [-0.2, -0.15) is 0 Å². The van der Waals surface area contributed by atoms with Crippen LogP contribution in [-0.4, -0.2) is 16.1 Å². The van der Waals surface area contributed by atoms with Crippen LogP contribution in [0.4, 0.5) is 0 Å². The molecule has 2 aromatic carbocycles. The van der Waals surface area contributed by atoms with E-state index >= 15 is 0 Å². The molecule has 0 fully saturated rings. The van der Waals surface area contributed by atoms with E-state index in [9.17, 15) is 4.79 Å². The Labute approximate surface area is 115 Å². The fourth-order valence-corrected chi connectivity index (χ4v) is 2.11. The number of rotatable bonds is 4. The Bertz CT molecular complexity index is 747. The van der Waals surface area contributed by atoms with Crippen LogP contribution < -0.4 is 0 Å². The third-order valence-corrected chi connectivity index (χ3v) is 3.15. The van der Waals surface area contributed by atoms with Crippen LogP contribution in [0.2, 0.25) is 0 Å². The average Bonchev–Trinajstić information content (AvgIpc) is 2.88. The number of nitrogens with zero attached hydrogens (tertiary/aromatic N) is 1. The molecule has 0 aliphatic carbocycles. The van der Waals surface area contributed by atoms with Gasteiger partial charge in [0.05, 0.1) is 5.56 Å². The standard InChI is InChI=1S/C16H13NO3/c18-16(19)12-7-8-13-14(10-12)20-15(17-13)9-6-11-4-2-1-3-5-11/h1-5,7-8,10H,6,9H2,(H,18,19). The second kappa shape index (κ2) is 5.17. The molecular weight excluding hydrogens is 254 g/mol. The van der Waals surface area contributed by atoms with Crippen molar-refractivity contribution in [2.75, 3.05) is 0 Å². The molecule has 0 unspecified atom stereocenters. The molecule has 100 valence electrons.